The third-order valence-corrected chi connectivity index (χ3v) is 2.42. The average Bonchev–Trinajstić information content (AvgIpc) is 2.91. The number of furan rings is 1. The minimum absolute atomic E-state index is 0.320. The maximum atomic E-state index is 9.77. The first-order valence-corrected chi connectivity index (χ1v) is 5.81. The van der Waals surface area contributed by atoms with Crippen molar-refractivity contribution in [3.05, 3.63) is 48.0 Å². The van der Waals surface area contributed by atoms with Crippen LogP contribution < -0.4 is 0 Å². The highest BCUT2D eigenvalue weighted by molar-refractivity contribution is 5.69. The second-order valence-corrected chi connectivity index (χ2v) is 3.75. The van der Waals surface area contributed by atoms with Gasteiger partial charge in [0.05, 0.1) is 6.26 Å². The Hall–Kier alpha value is -1.61. The van der Waals surface area contributed by atoms with Gasteiger partial charge in [-0.3, -0.25) is 4.79 Å². The lowest BCUT2D eigenvalue weighted by molar-refractivity contribution is 0.110. The number of allylic oxidation sites excluding steroid dienone is 4. The molecule has 1 aliphatic rings. The lowest BCUT2D eigenvalue weighted by Crippen LogP contribution is -1.89. The van der Waals surface area contributed by atoms with Crippen LogP contribution in [0.15, 0.2) is 46.6 Å². The van der Waals surface area contributed by atoms with Crippen molar-refractivity contribution in [3.63, 3.8) is 0 Å². The Morgan fingerprint density at radius 3 is 2.82 bits per heavy atom. The van der Waals surface area contributed by atoms with Gasteiger partial charge in [-0.05, 0) is 37.8 Å². The number of carbonyl (C=O) groups excluding carboxylic acids is 1. The predicted molar refractivity (Wildman–Crippen MR) is 66.9 cm³/mol. The van der Waals surface area contributed by atoms with Gasteiger partial charge in [0.2, 0.25) is 0 Å². The normalized spacial score (nSPS) is 13.6. The van der Waals surface area contributed by atoms with E-state index in [4.69, 9.17) is 5.11 Å². The highest BCUT2D eigenvalue weighted by Gasteiger charge is 1.97. The Labute approximate surface area is 101 Å². The van der Waals surface area contributed by atoms with Gasteiger partial charge in [-0.15, -0.1) is 0 Å². The molecule has 1 heterocycles. The molecule has 0 unspecified atom stereocenters. The van der Waals surface area contributed by atoms with Crippen LogP contribution in [0.5, 0.6) is 0 Å². The number of carbonyl (C=O) groups is 1. The van der Waals surface area contributed by atoms with Gasteiger partial charge in [0.25, 0.3) is 0 Å². The third-order valence-electron chi connectivity index (χ3n) is 2.42. The zero-order chi connectivity index (χ0) is 12.3. The van der Waals surface area contributed by atoms with Crippen LogP contribution in [0.2, 0.25) is 0 Å². The first kappa shape index (κ1) is 13.5. The summed E-state index contributed by atoms with van der Waals surface area (Å²) in [5.41, 5.74) is 1.48. The summed E-state index contributed by atoms with van der Waals surface area (Å²) in [5.74, 6) is 0.375. The standard InChI is InChI=1S/C9H14O.C5H4O2/c10-8-4-7-9-5-2-1-3-6-9;6-4-5-2-1-3-7-5/h1-2,5,10H,3-4,6-8H2;1-4H. The van der Waals surface area contributed by atoms with Gasteiger partial charge >= 0.3 is 0 Å². The summed E-state index contributed by atoms with van der Waals surface area (Å²) < 4.78 is 4.61. The van der Waals surface area contributed by atoms with Crippen molar-refractivity contribution >= 4 is 6.29 Å². The maximum Gasteiger partial charge on any atom is 0.185 e. The van der Waals surface area contributed by atoms with Gasteiger partial charge in [0.1, 0.15) is 0 Å². The molecule has 0 fully saturated rings. The third kappa shape index (κ3) is 5.88. The predicted octanol–water partition coefficient (Wildman–Crippen LogP) is 3.13. The molecule has 0 atom stereocenters. The molecule has 1 aromatic rings. The van der Waals surface area contributed by atoms with Crippen LogP contribution in [0, 0.1) is 0 Å². The second kappa shape index (κ2) is 8.53. The molecule has 3 heteroatoms. The van der Waals surface area contributed by atoms with Gasteiger partial charge in [0, 0.05) is 6.61 Å². The average molecular weight is 234 g/mol. The first-order chi connectivity index (χ1) is 8.36. The molecular formula is C14H18O3. The summed E-state index contributed by atoms with van der Waals surface area (Å²) >= 11 is 0. The lowest BCUT2D eigenvalue weighted by atomic mass is 10.0. The van der Waals surface area contributed by atoms with E-state index < -0.39 is 0 Å². The molecule has 0 aromatic carbocycles. The molecule has 0 saturated carbocycles. The number of aliphatic hydroxyl groups excluding tert-OH is 1. The van der Waals surface area contributed by atoms with Crippen LogP contribution in [0.3, 0.4) is 0 Å². The molecule has 0 spiro atoms. The van der Waals surface area contributed by atoms with E-state index in [0.29, 0.717) is 18.7 Å². The SMILES string of the molecule is O=Cc1ccco1.OCCCC1=CC=CCC1. The topological polar surface area (TPSA) is 50.4 Å². The molecule has 0 aliphatic heterocycles. The lowest BCUT2D eigenvalue weighted by Gasteiger charge is -2.06. The molecule has 0 amide bonds. The summed E-state index contributed by atoms with van der Waals surface area (Å²) in [5, 5.41) is 8.55. The summed E-state index contributed by atoms with van der Waals surface area (Å²) in [6.45, 7) is 0.320. The number of rotatable bonds is 4. The van der Waals surface area contributed by atoms with Gasteiger partial charge in [-0.2, -0.15) is 0 Å². The van der Waals surface area contributed by atoms with Crippen LogP contribution >= 0.6 is 0 Å². The fourth-order valence-corrected chi connectivity index (χ4v) is 1.53. The fraction of sp³-hybridized carbons (Fsp3) is 0.357. The molecule has 0 radical (unpaired) electrons. The largest absolute Gasteiger partial charge is 0.462 e. The van der Waals surface area contributed by atoms with Crippen LogP contribution in [0.25, 0.3) is 0 Å². The van der Waals surface area contributed by atoms with E-state index in [9.17, 15) is 4.79 Å². The molecule has 3 nitrogen and oxygen atoms in total. The summed E-state index contributed by atoms with van der Waals surface area (Å²) in [6, 6.07) is 3.27. The van der Waals surface area contributed by atoms with Crippen molar-refractivity contribution in [2.24, 2.45) is 0 Å². The van der Waals surface area contributed by atoms with Crippen molar-refractivity contribution in [2.45, 2.75) is 25.7 Å². The Morgan fingerprint density at radius 2 is 2.35 bits per heavy atom. The van der Waals surface area contributed by atoms with Gasteiger partial charge in [0.15, 0.2) is 12.0 Å². The molecule has 1 aliphatic carbocycles. The smallest absolute Gasteiger partial charge is 0.185 e. The summed E-state index contributed by atoms with van der Waals surface area (Å²) in [7, 11) is 0. The van der Waals surface area contributed by atoms with E-state index in [1.807, 2.05) is 0 Å². The highest BCUT2D eigenvalue weighted by atomic mass is 16.3. The first-order valence-electron chi connectivity index (χ1n) is 5.81. The molecule has 1 N–H and O–H groups in total. The summed E-state index contributed by atoms with van der Waals surface area (Å²) in [4.78, 5) is 9.77. The fourth-order valence-electron chi connectivity index (χ4n) is 1.53. The Morgan fingerprint density at radius 1 is 1.47 bits per heavy atom. The van der Waals surface area contributed by atoms with Crippen LogP contribution in [0.4, 0.5) is 0 Å². The van der Waals surface area contributed by atoms with Crippen LogP contribution in [-0.4, -0.2) is 18.0 Å². The van der Waals surface area contributed by atoms with Crippen LogP contribution in [-0.2, 0) is 0 Å². The van der Waals surface area contributed by atoms with E-state index >= 15 is 0 Å². The van der Waals surface area contributed by atoms with Crippen molar-refractivity contribution in [2.75, 3.05) is 6.61 Å². The van der Waals surface area contributed by atoms with Gasteiger partial charge in [-0.25, -0.2) is 0 Å². The molecule has 2 rings (SSSR count). The Kier molecular flexibility index (Phi) is 6.75. The molecule has 17 heavy (non-hydrogen) atoms. The highest BCUT2D eigenvalue weighted by Crippen LogP contribution is 2.16. The quantitative estimate of drug-likeness (QED) is 0.814. The minimum Gasteiger partial charge on any atom is -0.462 e. The maximum absolute atomic E-state index is 9.77. The van der Waals surface area contributed by atoms with E-state index in [1.54, 1.807) is 12.1 Å². The summed E-state index contributed by atoms with van der Waals surface area (Å²) in [6.07, 6.45) is 12.9. The Bertz CT molecular complexity index is 361. The van der Waals surface area contributed by atoms with Crippen molar-refractivity contribution < 1.29 is 14.3 Å². The zero-order valence-corrected chi connectivity index (χ0v) is 9.84. The van der Waals surface area contributed by atoms with Gasteiger partial charge < -0.3 is 9.52 Å². The van der Waals surface area contributed by atoms with Gasteiger partial charge in [-0.1, -0.05) is 23.8 Å². The molecule has 92 valence electrons. The van der Waals surface area contributed by atoms with E-state index in [2.05, 4.69) is 22.6 Å². The van der Waals surface area contributed by atoms with Crippen molar-refractivity contribution in [1.82, 2.24) is 0 Å². The molecular weight excluding hydrogens is 216 g/mol. The van der Waals surface area contributed by atoms with Crippen molar-refractivity contribution in [1.29, 1.82) is 0 Å². The molecule has 0 saturated heterocycles. The van der Waals surface area contributed by atoms with Crippen molar-refractivity contribution in [3.8, 4) is 0 Å². The molecule has 1 aromatic heterocycles. The number of aliphatic hydroxyl groups is 1. The molecule has 0 bridgehead atoms. The minimum atomic E-state index is 0.320. The zero-order valence-electron chi connectivity index (χ0n) is 9.84. The van der Waals surface area contributed by atoms with E-state index in [1.165, 1.54) is 24.7 Å². The Balaban J connectivity index is 0.000000181. The number of aldehydes is 1. The number of hydrogen-bond donors (Lipinski definition) is 1. The van der Waals surface area contributed by atoms with E-state index in [0.717, 1.165) is 12.8 Å². The number of hydrogen-bond acceptors (Lipinski definition) is 3. The van der Waals surface area contributed by atoms with E-state index in [-0.39, 0.29) is 0 Å². The van der Waals surface area contributed by atoms with Crippen LogP contribution in [0.1, 0.15) is 36.2 Å². The monoisotopic (exact) mass is 234 g/mol. The second-order valence-electron chi connectivity index (χ2n) is 3.75.